The molecule has 0 saturated carbocycles. The molecule has 2 heterocycles. The number of unbranched alkanes of at least 4 members (excludes halogenated alkanes) is 2. The predicted molar refractivity (Wildman–Crippen MR) is 243 cm³/mol. The van der Waals surface area contributed by atoms with Crippen molar-refractivity contribution in [1.82, 2.24) is 15.0 Å². The molecule has 1 aromatic heterocycles. The van der Waals surface area contributed by atoms with E-state index in [1.807, 2.05) is 0 Å². The van der Waals surface area contributed by atoms with Crippen LogP contribution in [0.2, 0.25) is 0 Å². The second-order valence-corrected chi connectivity index (χ2v) is 20.5. The van der Waals surface area contributed by atoms with Gasteiger partial charge in [-0.3, -0.25) is 0 Å². The molecule has 1 aliphatic carbocycles. The van der Waals surface area contributed by atoms with Crippen LogP contribution in [0.15, 0.2) is 78.9 Å². The van der Waals surface area contributed by atoms with Gasteiger partial charge in [-0.15, -0.1) is 0 Å². The number of fused-ring (bicyclic) bond motifs is 4. The average Bonchev–Trinajstić information content (AvgIpc) is 3.29. The van der Waals surface area contributed by atoms with Crippen LogP contribution < -0.4 is 5.32 Å². The van der Waals surface area contributed by atoms with E-state index in [0.717, 1.165) is 35.2 Å². The van der Waals surface area contributed by atoms with Crippen molar-refractivity contribution >= 4 is 5.69 Å². The van der Waals surface area contributed by atoms with Crippen molar-refractivity contribution in [1.29, 1.82) is 0 Å². The molecule has 5 aromatic rings. The van der Waals surface area contributed by atoms with E-state index < -0.39 is 0 Å². The Morgan fingerprint density at radius 2 is 1.02 bits per heavy atom. The quantitative estimate of drug-likeness (QED) is 0.144. The maximum absolute atomic E-state index is 5.23. The summed E-state index contributed by atoms with van der Waals surface area (Å²) in [5.41, 5.74) is 13.9. The summed E-state index contributed by atoms with van der Waals surface area (Å²) < 4.78 is 0. The Morgan fingerprint density at radius 1 is 0.526 bits per heavy atom. The van der Waals surface area contributed by atoms with E-state index in [2.05, 4.69) is 181 Å². The Balaban J connectivity index is 1.36. The Morgan fingerprint density at radius 3 is 1.53 bits per heavy atom. The minimum absolute atomic E-state index is 0.0265. The fourth-order valence-electron chi connectivity index (χ4n) is 9.78. The molecule has 300 valence electrons. The summed E-state index contributed by atoms with van der Waals surface area (Å²) in [5, 5.41) is 4.12. The molecule has 4 aromatic carbocycles. The van der Waals surface area contributed by atoms with Gasteiger partial charge >= 0.3 is 0 Å². The Labute approximate surface area is 344 Å². The third-order valence-corrected chi connectivity index (χ3v) is 15.3. The van der Waals surface area contributed by atoms with Crippen molar-refractivity contribution in [2.45, 2.75) is 163 Å². The van der Waals surface area contributed by atoms with Crippen LogP contribution in [-0.2, 0) is 27.2 Å². The lowest BCUT2D eigenvalue weighted by atomic mass is 9.59. The van der Waals surface area contributed by atoms with Crippen LogP contribution in [0.1, 0.15) is 163 Å². The highest BCUT2D eigenvalue weighted by Crippen LogP contribution is 2.63. The Hall–Kier alpha value is -4.31. The largest absolute Gasteiger partial charge is 0.375 e. The molecule has 0 amide bonds. The first kappa shape index (κ1) is 40.9. The summed E-state index contributed by atoms with van der Waals surface area (Å²) in [6, 6.07) is 29.6. The molecule has 0 bridgehead atoms. The van der Waals surface area contributed by atoms with E-state index in [1.54, 1.807) is 0 Å². The van der Waals surface area contributed by atoms with Crippen molar-refractivity contribution in [3.05, 3.63) is 107 Å². The highest BCUT2D eigenvalue weighted by molar-refractivity contribution is 5.89. The SMILES string of the molecule is CCCCCC(C)(C)c1ccc(-c2nc(-c3ccc(C(C)(C)C)cc3)nc(-c3ccc4c(c3)NC(CC)(CC)c3cc5c(cc3-4)C(C)(C)C(C)(C)C5(C)C)n2)cc1. The molecule has 0 unspecified atom stereocenters. The monoisotopic (exact) mass is 761 g/mol. The summed E-state index contributed by atoms with van der Waals surface area (Å²) in [6.45, 7) is 33.1. The minimum Gasteiger partial charge on any atom is -0.375 e. The van der Waals surface area contributed by atoms with Crippen molar-refractivity contribution in [3.63, 3.8) is 0 Å². The van der Waals surface area contributed by atoms with Crippen LogP contribution in [0, 0.1) is 5.41 Å². The molecule has 2 aliphatic rings. The van der Waals surface area contributed by atoms with Gasteiger partial charge in [-0.05, 0) is 91.9 Å². The van der Waals surface area contributed by atoms with E-state index in [-0.39, 0.29) is 32.6 Å². The van der Waals surface area contributed by atoms with E-state index in [4.69, 9.17) is 15.0 Å². The number of nitrogens with zero attached hydrogens (tertiary/aromatic N) is 3. The molecule has 0 saturated heterocycles. The topological polar surface area (TPSA) is 50.7 Å². The predicted octanol–water partition coefficient (Wildman–Crippen LogP) is 14.7. The summed E-state index contributed by atoms with van der Waals surface area (Å²) in [5.74, 6) is 2.07. The lowest BCUT2D eigenvalue weighted by Crippen LogP contribution is -2.42. The minimum atomic E-state index is -0.181. The molecule has 7 rings (SSSR count). The number of anilines is 1. The lowest BCUT2D eigenvalue weighted by Gasteiger charge is -2.44. The van der Waals surface area contributed by atoms with Gasteiger partial charge in [0.25, 0.3) is 0 Å². The van der Waals surface area contributed by atoms with Gasteiger partial charge in [-0.2, -0.15) is 0 Å². The van der Waals surface area contributed by atoms with Crippen LogP contribution in [0.5, 0.6) is 0 Å². The molecule has 4 heteroatoms. The number of benzene rings is 4. The zero-order valence-electron chi connectivity index (χ0n) is 37.6. The van der Waals surface area contributed by atoms with Crippen LogP contribution in [0.25, 0.3) is 45.3 Å². The molecule has 0 spiro atoms. The van der Waals surface area contributed by atoms with Gasteiger partial charge in [-0.1, -0.05) is 183 Å². The van der Waals surface area contributed by atoms with E-state index >= 15 is 0 Å². The molecule has 57 heavy (non-hydrogen) atoms. The zero-order chi connectivity index (χ0) is 41.3. The number of rotatable bonds is 10. The summed E-state index contributed by atoms with van der Waals surface area (Å²) in [7, 11) is 0. The van der Waals surface area contributed by atoms with E-state index in [1.165, 1.54) is 64.6 Å². The molecule has 4 nitrogen and oxygen atoms in total. The Bertz CT molecular complexity index is 2280. The maximum atomic E-state index is 5.23. The normalized spacial score (nSPS) is 17.4. The van der Waals surface area contributed by atoms with Crippen LogP contribution in [0.3, 0.4) is 0 Å². The highest BCUT2D eigenvalue weighted by atomic mass is 15.0. The number of hydrogen-bond acceptors (Lipinski definition) is 4. The highest BCUT2D eigenvalue weighted by Gasteiger charge is 2.57. The van der Waals surface area contributed by atoms with Gasteiger partial charge in [0.15, 0.2) is 17.5 Å². The van der Waals surface area contributed by atoms with Gasteiger partial charge in [0.1, 0.15) is 0 Å². The molecular weight excluding hydrogens is 693 g/mol. The van der Waals surface area contributed by atoms with Crippen molar-refractivity contribution < 1.29 is 0 Å². The summed E-state index contributed by atoms with van der Waals surface area (Å²) >= 11 is 0. The van der Waals surface area contributed by atoms with Crippen LogP contribution in [0.4, 0.5) is 5.69 Å². The maximum Gasteiger partial charge on any atom is 0.164 e. The van der Waals surface area contributed by atoms with Gasteiger partial charge in [0.2, 0.25) is 0 Å². The van der Waals surface area contributed by atoms with Gasteiger partial charge in [0, 0.05) is 27.9 Å². The fraction of sp³-hybridized carbons (Fsp3) is 0.491. The average molecular weight is 761 g/mol. The van der Waals surface area contributed by atoms with Crippen molar-refractivity contribution in [2.24, 2.45) is 5.41 Å². The van der Waals surface area contributed by atoms with Crippen LogP contribution >= 0.6 is 0 Å². The smallest absolute Gasteiger partial charge is 0.164 e. The first-order valence-electron chi connectivity index (χ1n) is 21.8. The molecule has 0 atom stereocenters. The van der Waals surface area contributed by atoms with Gasteiger partial charge in [0.05, 0.1) is 5.54 Å². The molecule has 1 N–H and O–H groups in total. The zero-order valence-corrected chi connectivity index (χ0v) is 37.6. The summed E-state index contributed by atoms with van der Waals surface area (Å²) in [6.07, 6.45) is 6.91. The third-order valence-electron chi connectivity index (χ3n) is 15.3. The summed E-state index contributed by atoms with van der Waals surface area (Å²) in [4.78, 5) is 15.6. The van der Waals surface area contributed by atoms with Gasteiger partial charge in [-0.25, -0.2) is 15.0 Å². The second-order valence-electron chi connectivity index (χ2n) is 20.5. The van der Waals surface area contributed by atoms with E-state index in [0.29, 0.717) is 17.5 Å². The van der Waals surface area contributed by atoms with Crippen LogP contribution in [-0.4, -0.2) is 15.0 Å². The first-order valence-corrected chi connectivity index (χ1v) is 21.8. The molecule has 0 radical (unpaired) electrons. The van der Waals surface area contributed by atoms with E-state index in [9.17, 15) is 0 Å². The number of hydrogen-bond donors (Lipinski definition) is 1. The lowest BCUT2D eigenvalue weighted by molar-refractivity contribution is 0.125. The number of nitrogens with one attached hydrogen (secondary N) is 1. The van der Waals surface area contributed by atoms with Gasteiger partial charge < -0.3 is 5.32 Å². The molecule has 0 fully saturated rings. The Kier molecular flexibility index (Phi) is 10.2. The third kappa shape index (κ3) is 6.73. The molecule has 1 aliphatic heterocycles. The second kappa shape index (κ2) is 14.2. The van der Waals surface area contributed by atoms with Crippen molar-refractivity contribution in [3.8, 4) is 45.3 Å². The fourth-order valence-corrected chi connectivity index (χ4v) is 9.78. The standard InChI is InChI=1S/C53H68N4/c1-15-18-19-30-49(7,8)38-27-22-35(23-28-38)46-54-45(34-20-25-37(26-21-34)48(4,5)6)55-47(56-46)36-24-29-39-40-32-42-43(51(11,12)52(13,14)50(42,9)10)33-41(40)53(16-2,17-3)57-44(39)31-36/h20-29,31-33,57H,15-19,30H2,1-14H3. The first-order chi connectivity index (χ1) is 26.7. The number of aromatic nitrogens is 3. The molecular formula is C53H68N4. The van der Waals surface area contributed by atoms with Crippen molar-refractivity contribution in [2.75, 3.05) is 5.32 Å².